The van der Waals surface area contributed by atoms with Crippen molar-refractivity contribution >= 4 is 34.2 Å². The summed E-state index contributed by atoms with van der Waals surface area (Å²) < 4.78 is 2.61. The van der Waals surface area contributed by atoms with E-state index < -0.39 is 0 Å². The Morgan fingerprint density at radius 1 is 1.29 bits per heavy atom. The molecule has 21 heavy (non-hydrogen) atoms. The third-order valence-corrected chi connectivity index (χ3v) is 3.44. The van der Waals surface area contributed by atoms with Crippen LogP contribution in [0.3, 0.4) is 0 Å². The normalized spacial score (nSPS) is 10.5. The third-order valence-electron chi connectivity index (χ3n) is 2.89. The molecule has 0 aliphatic heterocycles. The maximum Gasteiger partial charge on any atom is 0.246 e. The van der Waals surface area contributed by atoms with Gasteiger partial charge >= 0.3 is 0 Å². The largest absolute Gasteiger partial charge is 0.345 e. The molecule has 0 atom stereocenters. The van der Waals surface area contributed by atoms with Gasteiger partial charge in [0.15, 0.2) is 0 Å². The Hall–Kier alpha value is -2.16. The number of carbonyl (C=O) groups is 1. The number of amides is 1. The summed E-state index contributed by atoms with van der Waals surface area (Å²) in [4.78, 5) is 18.9. The monoisotopic (exact) mass is 393 g/mol. The highest BCUT2D eigenvalue weighted by molar-refractivity contribution is 14.1. The van der Waals surface area contributed by atoms with Gasteiger partial charge in [-0.15, -0.1) is 0 Å². The summed E-state index contributed by atoms with van der Waals surface area (Å²) in [5.74, 6) is -0.108. The maximum absolute atomic E-state index is 11.9. The van der Waals surface area contributed by atoms with Gasteiger partial charge in [-0.3, -0.25) is 9.48 Å². The summed E-state index contributed by atoms with van der Waals surface area (Å²) >= 11 is 2.16. The van der Waals surface area contributed by atoms with Gasteiger partial charge in [0.05, 0.1) is 28.0 Å². The summed E-state index contributed by atoms with van der Waals surface area (Å²) in [6, 6.07) is 7.59. The molecule has 7 heteroatoms. The number of halogens is 1. The fourth-order valence-corrected chi connectivity index (χ4v) is 2.37. The highest BCUT2D eigenvalue weighted by Crippen LogP contribution is 2.18. The number of nitrogens with one attached hydrogen (secondary N) is 2. The molecule has 0 spiro atoms. The van der Waals surface area contributed by atoms with E-state index in [1.54, 1.807) is 23.4 Å². The van der Waals surface area contributed by atoms with Crippen molar-refractivity contribution in [3.63, 3.8) is 0 Å². The summed E-state index contributed by atoms with van der Waals surface area (Å²) in [7, 11) is 0. The molecule has 0 unspecified atom stereocenters. The predicted octanol–water partition coefficient (Wildman–Crippen LogP) is 2.52. The number of hydrogen-bond donors (Lipinski definition) is 2. The van der Waals surface area contributed by atoms with Gasteiger partial charge in [-0.1, -0.05) is 12.1 Å². The minimum absolute atomic E-state index is 0.108. The number of rotatable bonds is 4. The van der Waals surface area contributed by atoms with Crippen LogP contribution < -0.4 is 5.32 Å². The Bertz CT molecular complexity index is 733. The minimum atomic E-state index is -0.108. The highest BCUT2D eigenvalue weighted by atomic mass is 127. The van der Waals surface area contributed by atoms with Crippen molar-refractivity contribution in [3.8, 4) is 11.3 Å². The Kier molecular flexibility index (Phi) is 4.00. The SMILES string of the molecule is O=C(Cn1cc(I)cn1)Nc1ccc(-c2cnc[nH]2)cc1. The van der Waals surface area contributed by atoms with E-state index in [1.807, 2.05) is 30.5 Å². The second kappa shape index (κ2) is 6.08. The highest BCUT2D eigenvalue weighted by Gasteiger charge is 2.05. The first-order valence-electron chi connectivity index (χ1n) is 6.27. The van der Waals surface area contributed by atoms with E-state index in [9.17, 15) is 4.79 Å². The molecule has 3 aromatic rings. The van der Waals surface area contributed by atoms with Gasteiger partial charge in [0, 0.05) is 11.9 Å². The number of aromatic amines is 1. The Balaban J connectivity index is 1.63. The van der Waals surface area contributed by atoms with Gasteiger partial charge < -0.3 is 10.3 Å². The van der Waals surface area contributed by atoms with Crippen LogP contribution in [0.4, 0.5) is 5.69 Å². The van der Waals surface area contributed by atoms with E-state index in [0.29, 0.717) is 0 Å². The molecule has 0 fully saturated rings. The van der Waals surface area contributed by atoms with Crippen molar-refractivity contribution in [2.24, 2.45) is 0 Å². The molecule has 0 radical (unpaired) electrons. The summed E-state index contributed by atoms with van der Waals surface area (Å²) in [6.07, 6.45) is 6.93. The van der Waals surface area contributed by atoms with Crippen LogP contribution in [0, 0.1) is 3.57 Å². The van der Waals surface area contributed by atoms with Gasteiger partial charge in [0.25, 0.3) is 0 Å². The van der Waals surface area contributed by atoms with Crippen molar-refractivity contribution in [1.29, 1.82) is 0 Å². The summed E-state index contributed by atoms with van der Waals surface area (Å²) in [5.41, 5.74) is 2.72. The average molecular weight is 393 g/mol. The molecule has 106 valence electrons. The number of hydrogen-bond acceptors (Lipinski definition) is 3. The lowest BCUT2D eigenvalue weighted by Gasteiger charge is -2.06. The van der Waals surface area contributed by atoms with E-state index in [0.717, 1.165) is 20.5 Å². The van der Waals surface area contributed by atoms with E-state index in [1.165, 1.54) is 0 Å². The zero-order valence-corrected chi connectivity index (χ0v) is 13.1. The number of H-pyrrole nitrogens is 1. The molecule has 1 aromatic carbocycles. The van der Waals surface area contributed by atoms with Crippen LogP contribution in [0.5, 0.6) is 0 Å². The summed E-state index contributed by atoms with van der Waals surface area (Å²) in [5, 5.41) is 6.93. The van der Waals surface area contributed by atoms with Crippen molar-refractivity contribution in [2.45, 2.75) is 6.54 Å². The maximum atomic E-state index is 11.9. The first-order valence-corrected chi connectivity index (χ1v) is 7.35. The molecular weight excluding hydrogens is 381 g/mol. The van der Waals surface area contributed by atoms with E-state index in [-0.39, 0.29) is 12.5 Å². The molecule has 2 aromatic heterocycles. The number of aromatic nitrogens is 4. The van der Waals surface area contributed by atoms with Crippen LogP contribution in [0.15, 0.2) is 49.2 Å². The van der Waals surface area contributed by atoms with Crippen molar-refractivity contribution in [3.05, 3.63) is 52.8 Å². The second-order valence-electron chi connectivity index (χ2n) is 4.45. The van der Waals surface area contributed by atoms with Crippen LogP contribution in [0.1, 0.15) is 0 Å². The van der Waals surface area contributed by atoms with Crippen molar-refractivity contribution in [1.82, 2.24) is 19.7 Å². The molecule has 2 heterocycles. The van der Waals surface area contributed by atoms with Gasteiger partial charge in [0.1, 0.15) is 6.54 Å². The third kappa shape index (κ3) is 3.48. The lowest BCUT2D eigenvalue weighted by molar-refractivity contribution is -0.116. The second-order valence-corrected chi connectivity index (χ2v) is 5.69. The lowest BCUT2D eigenvalue weighted by Crippen LogP contribution is -2.18. The zero-order valence-electron chi connectivity index (χ0n) is 11.0. The first-order chi connectivity index (χ1) is 10.2. The van der Waals surface area contributed by atoms with E-state index in [2.05, 4.69) is 43.0 Å². The van der Waals surface area contributed by atoms with Crippen molar-refractivity contribution < 1.29 is 4.79 Å². The van der Waals surface area contributed by atoms with Gasteiger partial charge in [-0.2, -0.15) is 5.10 Å². The molecule has 3 rings (SSSR count). The number of anilines is 1. The van der Waals surface area contributed by atoms with E-state index in [4.69, 9.17) is 0 Å². The number of benzene rings is 1. The van der Waals surface area contributed by atoms with Crippen LogP contribution in [-0.4, -0.2) is 25.7 Å². The molecule has 0 saturated carbocycles. The fourth-order valence-electron chi connectivity index (χ4n) is 1.92. The Labute approximate surface area is 134 Å². The lowest BCUT2D eigenvalue weighted by atomic mass is 10.1. The molecule has 0 bridgehead atoms. The fraction of sp³-hybridized carbons (Fsp3) is 0.0714. The molecule has 0 saturated heterocycles. The minimum Gasteiger partial charge on any atom is -0.345 e. The summed E-state index contributed by atoms with van der Waals surface area (Å²) in [6.45, 7) is 0.200. The van der Waals surface area contributed by atoms with Crippen LogP contribution in [0.25, 0.3) is 11.3 Å². The first kappa shape index (κ1) is 13.8. The van der Waals surface area contributed by atoms with Crippen LogP contribution in [0.2, 0.25) is 0 Å². The van der Waals surface area contributed by atoms with Crippen molar-refractivity contribution in [2.75, 3.05) is 5.32 Å². The van der Waals surface area contributed by atoms with Gasteiger partial charge in [-0.25, -0.2) is 4.98 Å². The average Bonchev–Trinajstić information content (AvgIpc) is 3.11. The predicted molar refractivity (Wildman–Crippen MR) is 87.6 cm³/mol. The van der Waals surface area contributed by atoms with E-state index >= 15 is 0 Å². The standard InChI is InChI=1S/C14H12IN5O/c15-11-5-18-20(7-11)8-14(21)19-12-3-1-10(2-4-12)13-6-16-9-17-13/h1-7,9H,8H2,(H,16,17)(H,19,21). The molecule has 6 nitrogen and oxygen atoms in total. The molecule has 0 aliphatic rings. The van der Waals surface area contributed by atoms with Crippen LogP contribution in [-0.2, 0) is 11.3 Å². The number of carbonyl (C=O) groups excluding carboxylic acids is 1. The molecular formula is C14H12IN5O. The molecule has 0 aliphatic carbocycles. The Morgan fingerprint density at radius 3 is 2.71 bits per heavy atom. The zero-order chi connectivity index (χ0) is 14.7. The smallest absolute Gasteiger partial charge is 0.246 e. The molecule has 1 amide bonds. The number of imidazole rings is 1. The van der Waals surface area contributed by atoms with Crippen LogP contribution >= 0.6 is 22.6 Å². The molecule has 2 N–H and O–H groups in total. The topological polar surface area (TPSA) is 75.6 Å². The Morgan fingerprint density at radius 2 is 2.10 bits per heavy atom. The van der Waals surface area contributed by atoms with Gasteiger partial charge in [-0.05, 0) is 40.3 Å². The number of nitrogens with zero attached hydrogens (tertiary/aromatic N) is 3. The van der Waals surface area contributed by atoms with Gasteiger partial charge in [0.2, 0.25) is 5.91 Å². The quantitative estimate of drug-likeness (QED) is 0.669.